The van der Waals surface area contributed by atoms with Crippen molar-refractivity contribution in [2.75, 3.05) is 17.6 Å². The quantitative estimate of drug-likeness (QED) is 0.670. The van der Waals surface area contributed by atoms with Gasteiger partial charge in [0.05, 0.1) is 11.9 Å². The van der Waals surface area contributed by atoms with E-state index in [9.17, 15) is 0 Å². The van der Waals surface area contributed by atoms with Gasteiger partial charge in [0.2, 0.25) is 0 Å². The summed E-state index contributed by atoms with van der Waals surface area (Å²) < 4.78 is 0. The van der Waals surface area contributed by atoms with Gasteiger partial charge in [-0.3, -0.25) is 5.10 Å². The fourth-order valence-electron chi connectivity index (χ4n) is 1.60. The molecule has 0 bridgehead atoms. The zero-order valence-electron chi connectivity index (χ0n) is 9.11. The highest BCUT2D eigenvalue weighted by molar-refractivity contribution is 5.59. The van der Waals surface area contributed by atoms with Crippen LogP contribution in [0.2, 0.25) is 0 Å². The van der Waals surface area contributed by atoms with Gasteiger partial charge >= 0.3 is 0 Å². The Balaban J connectivity index is 1.72. The van der Waals surface area contributed by atoms with Crippen LogP contribution < -0.4 is 11.1 Å². The zero-order chi connectivity index (χ0) is 11.2. The molecule has 4 nitrogen and oxygen atoms in total. The van der Waals surface area contributed by atoms with E-state index in [2.05, 4.69) is 39.8 Å². The van der Waals surface area contributed by atoms with Crippen molar-refractivity contribution in [1.29, 1.82) is 0 Å². The molecule has 4 N–H and O–H groups in total. The van der Waals surface area contributed by atoms with Gasteiger partial charge in [0, 0.05) is 6.54 Å². The summed E-state index contributed by atoms with van der Waals surface area (Å²) in [5, 5.41) is 9.78. The van der Waals surface area contributed by atoms with E-state index in [1.807, 2.05) is 6.07 Å². The lowest BCUT2D eigenvalue weighted by Crippen LogP contribution is -2.04. The second kappa shape index (κ2) is 5.21. The Labute approximate surface area is 94.9 Å². The van der Waals surface area contributed by atoms with Crippen molar-refractivity contribution in [2.45, 2.75) is 12.8 Å². The number of H-pyrrole nitrogens is 1. The summed E-state index contributed by atoms with van der Waals surface area (Å²) in [4.78, 5) is 0. The van der Waals surface area contributed by atoms with Crippen LogP contribution in [0.5, 0.6) is 0 Å². The van der Waals surface area contributed by atoms with E-state index in [1.165, 1.54) is 5.56 Å². The number of rotatable bonds is 5. The molecule has 0 aliphatic carbocycles. The number of hydrogen-bond donors (Lipinski definition) is 3. The van der Waals surface area contributed by atoms with E-state index in [-0.39, 0.29) is 0 Å². The smallest absolute Gasteiger partial charge is 0.142 e. The molecule has 1 aromatic carbocycles. The normalized spacial score (nSPS) is 10.2. The molecule has 0 fully saturated rings. The Hall–Kier alpha value is -1.97. The van der Waals surface area contributed by atoms with Gasteiger partial charge in [0.1, 0.15) is 5.82 Å². The fourth-order valence-corrected chi connectivity index (χ4v) is 1.60. The van der Waals surface area contributed by atoms with Gasteiger partial charge < -0.3 is 11.1 Å². The topological polar surface area (TPSA) is 66.7 Å². The molecule has 0 radical (unpaired) electrons. The first kappa shape index (κ1) is 10.5. The van der Waals surface area contributed by atoms with E-state index in [0.717, 1.165) is 25.1 Å². The van der Waals surface area contributed by atoms with Gasteiger partial charge in [-0.25, -0.2) is 0 Å². The Kier molecular flexibility index (Phi) is 3.43. The summed E-state index contributed by atoms with van der Waals surface area (Å²) in [6.45, 7) is 0.901. The molecule has 0 saturated carbocycles. The van der Waals surface area contributed by atoms with Crippen molar-refractivity contribution >= 4 is 11.5 Å². The summed E-state index contributed by atoms with van der Waals surface area (Å²) in [7, 11) is 0. The fraction of sp³-hybridized carbons (Fsp3) is 0.250. The second-order valence-electron chi connectivity index (χ2n) is 3.71. The van der Waals surface area contributed by atoms with Crippen molar-refractivity contribution in [3.63, 3.8) is 0 Å². The minimum atomic E-state index is 0.597. The molecule has 0 amide bonds. The Morgan fingerprint density at radius 3 is 2.75 bits per heavy atom. The first-order valence-corrected chi connectivity index (χ1v) is 5.43. The molecule has 0 aliphatic heterocycles. The van der Waals surface area contributed by atoms with Crippen LogP contribution in [0.4, 0.5) is 11.5 Å². The molecule has 0 atom stereocenters. The average Bonchev–Trinajstić information content (AvgIpc) is 2.72. The highest BCUT2D eigenvalue weighted by Gasteiger charge is 1.98. The van der Waals surface area contributed by atoms with Crippen molar-refractivity contribution in [3.8, 4) is 0 Å². The lowest BCUT2D eigenvalue weighted by atomic mass is 10.1. The number of anilines is 2. The largest absolute Gasteiger partial charge is 0.382 e. The average molecular weight is 216 g/mol. The molecule has 4 heteroatoms. The van der Waals surface area contributed by atoms with E-state index >= 15 is 0 Å². The molecule has 16 heavy (non-hydrogen) atoms. The predicted octanol–water partition coefficient (Wildman–Crippen LogP) is 2.04. The number of hydrogen-bond acceptors (Lipinski definition) is 3. The zero-order valence-corrected chi connectivity index (χ0v) is 9.11. The van der Waals surface area contributed by atoms with Gasteiger partial charge in [0.15, 0.2) is 0 Å². The van der Waals surface area contributed by atoms with Gasteiger partial charge in [0.25, 0.3) is 0 Å². The van der Waals surface area contributed by atoms with E-state index in [4.69, 9.17) is 5.73 Å². The molecular formula is C12H16N4. The summed E-state index contributed by atoms with van der Waals surface area (Å²) in [5.74, 6) is 0.597. The highest BCUT2D eigenvalue weighted by Crippen LogP contribution is 2.12. The van der Waals surface area contributed by atoms with Crippen molar-refractivity contribution in [3.05, 3.63) is 42.1 Å². The Morgan fingerprint density at radius 1 is 1.25 bits per heavy atom. The van der Waals surface area contributed by atoms with Gasteiger partial charge in [-0.05, 0) is 18.4 Å². The highest BCUT2D eigenvalue weighted by atomic mass is 15.2. The standard InChI is InChI=1S/C12H16N4/c13-12-11(9-15-16-12)14-8-4-7-10-5-2-1-3-6-10/h1-3,5-6,9,14H,4,7-8H2,(H3,13,15,16). The maximum absolute atomic E-state index is 5.65. The van der Waals surface area contributed by atoms with Crippen LogP contribution in [-0.4, -0.2) is 16.7 Å². The number of nitrogens with zero attached hydrogens (tertiary/aromatic N) is 1. The number of nitrogen functional groups attached to an aromatic ring is 1. The van der Waals surface area contributed by atoms with Crippen LogP contribution in [0, 0.1) is 0 Å². The Morgan fingerprint density at radius 2 is 2.06 bits per heavy atom. The van der Waals surface area contributed by atoms with E-state index in [1.54, 1.807) is 6.20 Å². The molecule has 2 rings (SSSR count). The van der Waals surface area contributed by atoms with Gasteiger partial charge in [-0.1, -0.05) is 30.3 Å². The van der Waals surface area contributed by atoms with E-state index in [0.29, 0.717) is 5.82 Å². The number of aromatic amines is 1. The second-order valence-corrected chi connectivity index (χ2v) is 3.71. The third kappa shape index (κ3) is 2.76. The first-order chi connectivity index (χ1) is 7.86. The summed E-state index contributed by atoms with van der Waals surface area (Å²) in [6, 6.07) is 10.5. The van der Waals surface area contributed by atoms with Crippen LogP contribution in [0.15, 0.2) is 36.5 Å². The van der Waals surface area contributed by atoms with Crippen LogP contribution >= 0.6 is 0 Å². The lowest BCUT2D eigenvalue weighted by molar-refractivity contribution is 0.863. The molecule has 2 aromatic rings. The predicted molar refractivity (Wildman–Crippen MR) is 66.3 cm³/mol. The number of benzene rings is 1. The molecule has 1 heterocycles. The monoisotopic (exact) mass is 216 g/mol. The van der Waals surface area contributed by atoms with Crippen molar-refractivity contribution in [2.24, 2.45) is 0 Å². The molecule has 0 spiro atoms. The minimum Gasteiger partial charge on any atom is -0.382 e. The van der Waals surface area contributed by atoms with E-state index < -0.39 is 0 Å². The molecule has 0 saturated heterocycles. The summed E-state index contributed by atoms with van der Waals surface area (Å²) >= 11 is 0. The molecule has 0 unspecified atom stereocenters. The van der Waals surface area contributed by atoms with Gasteiger partial charge in [-0.2, -0.15) is 5.10 Å². The molecular weight excluding hydrogens is 200 g/mol. The molecule has 0 aliphatic rings. The number of aromatic nitrogens is 2. The molecule has 84 valence electrons. The van der Waals surface area contributed by atoms with Crippen LogP contribution in [0.3, 0.4) is 0 Å². The first-order valence-electron chi connectivity index (χ1n) is 5.43. The summed E-state index contributed by atoms with van der Waals surface area (Å²) in [5.41, 5.74) is 7.90. The maximum Gasteiger partial charge on any atom is 0.142 e. The van der Waals surface area contributed by atoms with Crippen molar-refractivity contribution in [1.82, 2.24) is 10.2 Å². The van der Waals surface area contributed by atoms with Crippen LogP contribution in [0.25, 0.3) is 0 Å². The third-order valence-corrected chi connectivity index (χ3v) is 2.47. The third-order valence-electron chi connectivity index (χ3n) is 2.47. The summed E-state index contributed by atoms with van der Waals surface area (Å²) in [6.07, 6.45) is 3.86. The minimum absolute atomic E-state index is 0.597. The number of nitrogens with two attached hydrogens (primary N) is 1. The number of aryl methyl sites for hydroxylation is 1. The van der Waals surface area contributed by atoms with Gasteiger partial charge in [-0.15, -0.1) is 0 Å². The molecule has 1 aromatic heterocycles. The SMILES string of the molecule is Nc1[nH]ncc1NCCCc1ccccc1. The lowest BCUT2D eigenvalue weighted by Gasteiger charge is -2.04. The van der Waals surface area contributed by atoms with Crippen LogP contribution in [-0.2, 0) is 6.42 Å². The van der Waals surface area contributed by atoms with Crippen molar-refractivity contribution < 1.29 is 0 Å². The Bertz CT molecular complexity index is 422. The maximum atomic E-state index is 5.65. The van der Waals surface area contributed by atoms with Crippen LogP contribution in [0.1, 0.15) is 12.0 Å². The number of nitrogens with one attached hydrogen (secondary N) is 2.